The summed E-state index contributed by atoms with van der Waals surface area (Å²) in [7, 11) is 1.52. The molecule has 0 aliphatic rings. The topological polar surface area (TPSA) is 40.5 Å². The first-order valence-electron chi connectivity index (χ1n) is 6.65. The molecule has 23 heavy (non-hydrogen) atoms. The van der Waals surface area contributed by atoms with Gasteiger partial charge in [0.2, 0.25) is 0 Å². The van der Waals surface area contributed by atoms with Crippen LogP contribution in [0.3, 0.4) is 0 Å². The van der Waals surface area contributed by atoms with Crippen LogP contribution >= 0.6 is 0 Å². The van der Waals surface area contributed by atoms with E-state index < -0.39 is 18.5 Å². The molecule has 1 aromatic carbocycles. The number of methoxy groups -OCH3 is 1. The van der Waals surface area contributed by atoms with Crippen LogP contribution in [-0.4, -0.2) is 24.9 Å². The third-order valence-corrected chi connectivity index (χ3v) is 3.10. The van der Waals surface area contributed by atoms with Crippen LogP contribution in [0, 0.1) is 13.0 Å². The Morgan fingerprint density at radius 2 is 2.04 bits per heavy atom. The van der Waals surface area contributed by atoms with Gasteiger partial charge in [-0.05, 0) is 12.1 Å². The number of halogens is 2. The zero-order valence-electron chi connectivity index (χ0n) is 12.9. The molecule has 0 amide bonds. The van der Waals surface area contributed by atoms with Gasteiger partial charge < -0.3 is 14.0 Å². The minimum absolute atomic E-state index is 0. The van der Waals surface area contributed by atoms with Gasteiger partial charge in [0.15, 0.2) is 12.4 Å². The SMILES string of the molecule is COCOc1ccc(-c2[c-]ccc(=O)n2CC(F)F)c(C)c1.[Y]. The van der Waals surface area contributed by atoms with Gasteiger partial charge in [0.25, 0.3) is 6.43 Å². The summed E-state index contributed by atoms with van der Waals surface area (Å²) in [6.45, 7) is 1.27. The van der Waals surface area contributed by atoms with Crippen molar-refractivity contribution < 1.29 is 51.0 Å². The van der Waals surface area contributed by atoms with Crippen molar-refractivity contribution in [2.45, 2.75) is 19.9 Å². The summed E-state index contributed by atoms with van der Waals surface area (Å²) in [5.41, 5.74) is 1.30. The third kappa shape index (κ3) is 5.19. The molecule has 7 heteroatoms. The van der Waals surface area contributed by atoms with E-state index in [0.29, 0.717) is 17.0 Å². The summed E-state index contributed by atoms with van der Waals surface area (Å²) in [6.07, 6.45) is -2.61. The summed E-state index contributed by atoms with van der Waals surface area (Å²) in [6, 6.07) is 10.7. The molecule has 0 aliphatic heterocycles. The van der Waals surface area contributed by atoms with Crippen molar-refractivity contribution in [3.8, 4) is 17.0 Å². The van der Waals surface area contributed by atoms with Crippen LogP contribution in [0.5, 0.6) is 5.75 Å². The first kappa shape index (κ1) is 19.9. The van der Waals surface area contributed by atoms with Crippen LogP contribution in [0.25, 0.3) is 11.3 Å². The number of nitrogens with zero attached hydrogens (tertiary/aromatic N) is 1. The van der Waals surface area contributed by atoms with Gasteiger partial charge in [-0.15, -0.1) is 6.07 Å². The van der Waals surface area contributed by atoms with Crippen molar-refractivity contribution in [2.75, 3.05) is 13.9 Å². The van der Waals surface area contributed by atoms with Gasteiger partial charge in [-0.2, -0.15) is 12.1 Å². The number of ether oxygens (including phenoxy) is 2. The number of rotatable bonds is 6. The van der Waals surface area contributed by atoms with Crippen LogP contribution < -0.4 is 10.3 Å². The monoisotopic (exact) mass is 397 g/mol. The van der Waals surface area contributed by atoms with E-state index in [9.17, 15) is 13.6 Å². The van der Waals surface area contributed by atoms with Crippen LogP contribution in [0.2, 0.25) is 0 Å². The Labute approximate surface area is 158 Å². The molecule has 2 rings (SSSR count). The molecule has 0 spiro atoms. The molecule has 0 unspecified atom stereocenters. The second-order valence-electron chi connectivity index (χ2n) is 4.69. The Hall–Kier alpha value is -1.11. The fraction of sp³-hybridized carbons (Fsp3) is 0.312. The minimum Gasteiger partial charge on any atom is -0.468 e. The molecule has 1 heterocycles. The van der Waals surface area contributed by atoms with Gasteiger partial charge in [0.1, 0.15) is 5.75 Å². The standard InChI is InChI=1S/C16H16F2NO3.Y/c1-11-8-12(22-10-21-2)6-7-13(11)14-4-3-5-16(20)19(14)9-15(17)18;/h3,5-8,15H,9-10H2,1-2H3;/q-1;. The van der Waals surface area contributed by atoms with Gasteiger partial charge >= 0.3 is 0 Å². The molecule has 0 N–H and O–H groups in total. The van der Waals surface area contributed by atoms with E-state index in [1.165, 1.54) is 19.2 Å². The van der Waals surface area contributed by atoms with E-state index in [1.54, 1.807) is 18.2 Å². The van der Waals surface area contributed by atoms with Gasteiger partial charge in [0.05, 0.1) is 6.54 Å². The van der Waals surface area contributed by atoms with Crippen molar-refractivity contribution >= 4 is 0 Å². The fourth-order valence-corrected chi connectivity index (χ4v) is 2.13. The maximum atomic E-state index is 12.7. The number of aryl methyl sites for hydroxylation is 1. The smallest absolute Gasteiger partial charge is 0.256 e. The molecular weight excluding hydrogens is 381 g/mol. The molecule has 2 aromatic rings. The predicted octanol–water partition coefficient (Wildman–Crippen LogP) is 2.87. The predicted molar refractivity (Wildman–Crippen MR) is 78.2 cm³/mol. The summed E-state index contributed by atoms with van der Waals surface area (Å²) < 4.78 is 36.6. The number of aromatic nitrogens is 1. The molecule has 0 saturated heterocycles. The van der Waals surface area contributed by atoms with E-state index >= 15 is 0 Å². The van der Waals surface area contributed by atoms with Gasteiger partial charge in [-0.25, -0.2) is 8.78 Å². The quantitative estimate of drug-likeness (QED) is 0.556. The number of hydrogen-bond acceptors (Lipinski definition) is 3. The fourth-order valence-electron chi connectivity index (χ4n) is 2.13. The Morgan fingerprint density at radius 3 is 2.65 bits per heavy atom. The zero-order valence-corrected chi connectivity index (χ0v) is 15.7. The van der Waals surface area contributed by atoms with Crippen LogP contribution in [0.4, 0.5) is 8.78 Å². The van der Waals surface area contributed by atoms with E-state index in [1.807, 2.05) is 6.92 Å². The maximum absolute atomic E-state index is 12.7. The van der Waals surface area contributed by atoms with E-state index in [4.69, 9.17) is 9.47 Å². The van der Waals surface area contributed by atoms with Gasteiger partial charge in [-0.3, -0.25) is 4.79 Å². The molecule has 0 atom stereocenters. The van der Waals surface area contributed by atoms with Gasteiger partial charge in [0, 0.05) is 39.8 Å². The first-order valence-corrected chi connectivity index (χ1v) is 6.65. The van der Waals surface area contributed by atoms with E-state index in [2.05, 4.69) is 6.07 Å². The summed E-state index contributed by atoms with van der Waals surface area (Å²) in [5.74, 6) is 0.599. The molecule has 0 fully saturated rings. The van der Waals surface area contributed by atoms with Crippen molar-refractivity contribution in [1.29, 1.82) is 0 Å². The Bertz CT molecular complexity index is 704. The molecule has 4 nitrogen and oxygen atoms in total. The Kier molecular flexibility index (Phi) is 8.02. The van der Waals surface area contributed by atoms with Gasteiger partial charge in [-0.1, -0.05) is 29.8 Å². The molecule has 0 saturated carbocycles. The Morgan fingerprint density at radius 1 is 1.30 bits per heavy atom. The third-order valence-electron chi connectivity index (χ3n) is 3.10. The van der Waals surface area contributed by atoms with Crippen molar-refractivity contribution in [3.63, 3.8) is 0 Å². The van der Waals surface area contributed by atoms with Crippen LogP contribution in [0.15, 0.2) is 35.1 Å². The molecule has 1 aromatic heterocycles. The normalized spacial score (nSPS) is 10.5. The molecular formula is C16H16F2NO3Y-. The molecule has 121 valence electrons. The summed E-state index contributed by atoms with van der Waals surface area (Å²) >= 11 is 0. The number of alkyl halides is 2. The molecule has 0 bridgehead atoms. The largest absolute Gasteiger partial charge is 0.468 e. The number of hydrogen-bond donors (Lipinski definition) is 0. The second-order valence-corrected chi connectivity index (χ2v) is 4.69. The van der Waals surface area contributed by atoms with Crippen molar-refractivity contribution in [3.05, 3.63) is 52.3 Å². The van der Waals surface area contributed by atoms with Crippen molar-refractivity contribution in [1.82, 2.24) is 4.57 Å². The van der Waals surface area contributed by atoms with E-state index in [-0.39, 0.29) is 39.5 Å². The maximum Gasteiger partial charge on any atom is 0.256 e. The van der Waals surface area contributed by atoms with E-state index in [0.717, 1.165) is 10.1 Å². The Balaban J connectivity index is 0.00000264. The van der Waals surface area contributed by atoms with Crippen LogP contribution in [0.1, 0.15) is 5.56 Å². The number of pyridine rings is 1. The molecule has 1 radical (unpaired) electrons. The minimum atomic E-state index is -2.61. The van der Waals surface area contributed by atoms with Crippen molar-refractivity contribution in [2.24, 2.45) is 0 Å². The average Bonchev–Trinajstić information content (AvgIpc) is 2.47. The average molecular weight is 397 g/mol. The molecule has 0 aliphatic carbocycles. The zero-order chi connectivity index (χ0) is 16.1. The second kappa shape index (κ2) is 9.25. The summed E-state index contributed by atoms with van der Waals surface area (Å²) in [4.78, 5) is 11.8. The number of benzene rings is 1. The summed E-state index contributed by atoms with van der Waals surface area (Å²) in [5, 5.41) is 0. The first-order chi connectivity index (χ1) is 10.5. The van der Waals surface area contributed by atoms with Crippen LogP contribution in [-0.2, 0) is 44.0 Å².